The molecule has 0 aliphatic carbocycles. The number of anilines is 1. The van der Waals surface area contributed by atoms with Crippen molar-refractivity contribution in [3.05, 3.63) is 41.4 Å². The summed E-state index contributed by atoms with van der Waals surface area (Å²) in [5.74, 6) is 0.257. The highest BCUT2D eigenvalue weighted by atomic mass is 32.1. The van der Waals surface area contributed by atoms with Crippen molar-refractivity contribution in [1.82, 2.24) is 10.3 Å². The number of rotatable bonds is 8. The molecule has 23 heavy (non-hydrogen) atoms. The molecule has 0 saturated heterocycles. The molecule has 0 aliphatic heterocycles. The number of carbonyl (C=O) groups excluding carboxylic acids is 2. The molecule has 2 aromatic rings. The number of amides is 2. The number of nitrogens with one attached hydrogen (secondary N) is 2. The first-order valence-electron chi connectivity index (χ1n) is 7.40. The highest BCUT2D eigenvalue weighted by Crippen LogP contribution is 2.17. The van der Waals surface area contributed by atoms with Crippen LogP contribution in [0.15, 0.2) is 35.8 Å². The highest BCUT2D eigenvalue weighted by Gasteiger charge is 2.11. The quantitative estimate of drug-likeness (QED) is 0.728. The molecule has 0 bridgehead atoms. The van der Waals surface area contributed by atoms with Crippen LogP contribution in [0, 0.1) is 0 Å². The van der Waals surface area contributed by atoms with Crippen molar-refractivity contribution in [3.63, 3.8) is 0 Å². The average Bonchev–Trinajstić information content (AvgIpc) is 3.05. The Bertz CT molecular complexity index is 644. The smallest absolute Gasteiger partial charge is 0.255 e. The van der Waals surface area contributed by atoms with Gasteiger partial charge in [0.1, 0.15) is 5.75 Å². The van der Waals surface area contributed by atoms with E-state index in [1.807, 2.05) is 13.0 Å². The van der Waals surface area contributed by atoms with Crippen molar-refractivity contribution in [2.45, 2.75) is 19.8 Å². The molecule has 1 aromatic carbocycles. The zero-order valence-corrected chi connectivity index (χ0v) is 13.7. The number of thiazole rings is 1. The normalized spacial score (nSPS) is 10.1. The minimum absolute atomic E-state index is 0.107. The van der Waals surface area contributed by atoms with Crippen molar-refractivity contribution in [2.75, 3.05) is 18.5 Å². The summed E-state index contributed by atoms with van der Waals surface area (Å²) in [4.78, 5) is 27.8. The Kier molecular flexibility index (Phi) is 6.56. The second-order valence-electron chi connectivity index (χ2n) is 4.67. The molecule has 0 aliphatic rings. The van der Waals surface area contributed by atoms with Crippen LogP contribution in [-0.2, 0) is 4.79 Å². The molecule has 0 saturated carbocycles. The molecule has 2 N–H and O–H groups in total. The Morgan fingerprint density at radius 1 is 1.30 bits per heavy atom. The van der Waals surface area contributed by atoms with Gasteiger partial charge in [0.05, 0.1) is 12.2 Å². The van der Waals surface area contributed by atoms with Crippen molar-refractivity contribution in [1.29, 1.82) is 0 Å². The number of aromatic nitrogens is 1. The summed E-state index contributed by atoms with van der Waals surface area (Å²) in [6, 6.07) is 7.10. The largest absolute Gasteiger partial charge is 0.493 e. The minimum Gasteiger partial charge on any atom is -0.493 e. The van der Waals surface area contributed by atoms with Gasteiger partial charge < -0.3 is 15.4 Å². The standard InChI is InChI=1S/C16H19N3O3S/c1-2-22-13-7-4-3-6-12(13)15(21)17-9-5-8-14(20)19-16-18-10-11-23-16/h3-4,6-7,10-11H,2,5,8-9H2,1H3,(H,17,21)(H,18,19,20). The SMILES string of the molecule is CCOc1ccccc1C(=O)NCCCC(=O)Nc1nccs1. The molecular formula is C16H19N3O3S. The van der Waals surface area contributed by atoms with Crippen molar-refractivity contribution >= 4 is 28.3 Å². The Labute approximate surface area is 138 Å². The summed E-state index contributed by atoms with van der Waals surface area (Å²) >= 11 is 1.37. The Morgan fingerprint density at radius 3 is 2.87 bits per heavy atom. The summed E-state index contributed by atoms with van der Waals surface area (Å²) in [7, 11) is 0. The molecule has 1 heterocycles. The first-order chi connectivity index (χ1) is 11.2. The molecule has 122 valence electrons. The molecule has 0 unspecified atom stereocenters. The minimum atomic E-state index is -0.200. The summed E-state index contributed by atoms with van der Waals surface area (Å²) < 4.78 is 5.43. The van der Waals surface area contributed by atoms with Gasteiger partial charge in [0.2, 0.25) is 5.91 Å². The second-order valence-corrected chi connectivity index (χ2v) is 5.57. The van der Waals surface area contributed by atoms with Crippen LogP contribution in [0.3, 0.4) is 0 Å². The first kappa shape index (κ1) is 17.0. The lowest BCUT2D eigenvalue weighted by Crippen LogP contribution is -2.26. The molecule has 6 nitrogen and oxygen atoms in total. The van der Waals surface area contributed by atoms with Crippen molar-refractivity contribution in [3.8, 4) is 5.75 Å². The van der Waals surface area contributed by atoms with Gasteiger partial charge in [0.25, 0.3) is 5.91 Å². The van der Waals surface area contributed by atoms with E-state index in [1.54, 1.807) is 29.8 Å². The maximum atomic E-state index is 12.1. The molecule has 2 amide bonds. The van der Waals surface area contributed by atoms with Gasteiger partial charge in [-0.1, -0.05) is 12.1 Å². The van der Waals surface area contributed by atoms with Crippen LogP contribution in [0.2, 0.25) is 0 Å². The third kappa shape index (κ3) is 5.37. The third-order valence-electron chi connectivity index (χ3n) is 2.98. The number of carbonyl (C=O) groups is 2. The summed E-state index contributed by atoms with van der Waals surface area (Å²) in [5.41, 5.74) is 0.501. The number of nitrogens with zero attached hydrogens (tertiary/aromatic N) is 1. The first-order valence-corrected chi connectivity index (χ1v) is 8.28. The van der Waals surface area contributed by atoms with E-state index in [0.29, 0.717) is 42.4 Å². The summed E-state index contributed by atoms with van der Waals surface area (Å²) in [6.07, 6.45) is 2.52. The Morgan fingerprint density at radius 2 is 2.13 bits per heavy atom. The van der Waals surface area contributed by atoms with Crippen LogP contribution in [0.25, 0.3) is 0 Å². The molecule has 0 spiro atoms. The second kappa shape index (κ2) is 8.89. The fraction of sp³-hybridized carbons (Fsp3) is 0.312. The van der Waals surface area contributed by atoms with Gasteiger partial charge in [0.15, 0.2) is 5.13 Å². The fourth-order valence-corrected chi connectivity index (χ4v) is 2.49. The van der Waals surface area contributed by atoms with Crippen LogP contribution in [0.1, 0.15) is 30.1 Å². The molecule has 1 aromatic heterocycles. The lowest BCUT2D eigenvalue weighted by atomic mass is 10.2. The predicted octanol–water partition coefficient (Wildman–Crippen LogP) is 2.69. The van der Waals surface area contributed by atoms with Gasteiger partial charge in [-0.25, -0.2) is 4.98 Å². The number of benzene rings is 1. The summed E-state index contributed by atoms with van der Waals surface area (Å²) in [6.45, 7) is 2.79. The van der Waals surface area contributed by atoms with Crippen LogP contribution in [-0.4, -0.2) is 29.9 Å². The van der Waals surface area contributed by atoms with E-state index in [4.69, 9.17) is 4.74 Å². The van der Waals surface area contributed by atoms with E-state index in [2.05, 4.69) is 15.6 Å². The maximum absolute atomic E-state index is 12.1. The Balaban J connectivity index is 1.73. The molecule has 0 atom stereocenters. The van der Waals surface area contributed by atoms with E-state index in [0.717, 1.165) is 0 Å². The average molecular weight is 333 g/mol. The number of hydrogen-bond donors (Lipinski definition) is 2. The lowest BCUT2D eigenvalue weighted by Gasteiger charge is -2.10. The van der Waals surface area contributed by atoms with Gasteiger partial charge >= 0.3 is 0 Å². The summed E-state index contributed by atoms with van der Waals surface area (Å²) in [5, 5.41) is 7.89. The van der Waals surface area contributed by atoms with Crippen molar-refractivity contribution < 1.29 is 14.3 Å². The number of ether oxygens (including phenoxy) is 1. The van der Waals surface area contributed by atoms with Gasteiger partial charge in [-0.2, -0.15) is 0 Å². The molecule has 2 rings (SSSR count). The maximum Gasteiger partial charge on any atom is 0.255 e. The molecule has 7 heteroatoms. The van der Waals surface area contributed by atoms with Crippen LogP contribution >= 0.6 is 11.3 Å². The van der Waals surface area contributed by atoms with Gasteiger partial charge in [0, 0.05) is 24.5 Å². The van der Waals surface area contributed by atoms with E-state index < -0.39 is 0 Å². The van der Waals surface area contributed by atoms with E-state index in [-0.39, 0.29) is 11.8 Å². The predicted molar refractivity (Wildman–Crippen MR) is 89.9 cm³/mol. The molecule has 0 fully saturated rings. The van der Waals surface area contributed by atoms with Crippen LogP contribution in [0.5, 0.6) is 5.75 Å². The molecular weight excluding hydrogens is 314 g/mol. The van der Waals surface area contributed by atoms with E-state index >= 15 is 0 Å². The zero-order chi connectivity index (χ0) is 16.5. The van der Waals surface area contributed by atoms with Gasteiger partial charge in [-0.05, 0) is 25.5 Å². The third-order valence-corrected chi connectivity index (χ3v) is 3.66. The fourth-order valence-electron chi connectivity index (χ4n) is 1.95. The Hall–Kier alpha value is -2.41. The zero-order valence-electron chi connectivity index (χ0n) is 12.9. The lowest BCUT2D eigenvalue weighted by molar-refractivity contribution is -0.116. The number of para-hydroxylation sites is 1. The monoisotopic (exact) mass is 333 g/mol. The van der Waals surface area contributed by atoms with Crippen molar-refractivity contribution in [2.24, 2.45) is 0 Å². The van der Waals surface area contributed by atoms with E-state index in [9.17, 15) is 9.59 Å². The van der Waals surface area contributed by atoms with Gasteiger partial charge in [-0.3, -0.25) is 9.59 Å². The van der Waals surface area contributed by atoms with E-state index in [1.165, 1.54) is 11.3 Å². The van der Waals surface area contributed by atoms with Crippen LogP contribution < -0.4 is 15.4 Å². The topological polar surface area (TPSA) is 80.3 Å². The number of hydrogen-bond acceptors (Lipinski definition) is 5. The highest BCUT2D eigenvalue weighted by molar-refractivity contribution is 7.13. The van der Waals surface area contributed by atoms with Gasteiger partial charge in [-0.15, -0.1) is 11.3 Å². The van der Waals surface area contributed by atoms with Crippen LogP contribution in [0.4, 0.5) is 5.13 Å². The molecule has 0 radical (unpaired) electrons.